The molecule has 7 heteroatoms. The molecule has 3 aromatic rings. The van der Waals surface area contributed by atoms with Crippen molar-refractivity contribution < 1.29 is 19.4 Å². The van der Waals surface area contributed by atoms with Gasteiger partial charge in [0.05, 0.1) is 5.56 Å². The van der Waals surface area contributed by atoms with E-state index in [1.807, 2.05) is 24.3 Å². The van der Waals surface area contributed by atoms with E-state index in [0.29, 0.717) is 5.56 Å². The second-order valence-corrected chi connectivity index (χ2v) is 7.40. The summed E-state index contributed by atoms with van der Waals surface area (Å²) in [5.74, 6) is -1.11. The lowest BCUT2D eigenvalue weighted by Gasteiger charge is -2.14. The number of pyridine rings is 1. The zero-order valence-electron chi connectivity index (χ0n) is 16.4. The quantitative estimate of drug-likeness (QED) is 0.534. The number of carbonyl (C=O) groups is 2. The van der Waals surface area contributed by atoms with E-state index in [-0.39, 0.29) is 29.8 Å². The number of nitrogens with zero attached hydrogens (tertiary/aromatic N) is 1. The largest absolute Gasteiger partial charge is 0.478 e. The number of aromatic nitrogens is 1. The van der Waals surface area contributed by atoms with Crippen LogP contribution in [-0.2, 0) is 4.74 Å². The fourth-order valence-corrected chi connectivity index (χ4v) is 3.89. The van der Waals surface area contributed by atoms with Gasteiger partial charge >= 0.3 is 12.1 Å². The second kappa shape index (κ2) is 9.02. The van der Waals surface area contributed by atoms with E-state index < -0.39 is 12.1 Å². The summed E-state index contributed by atoms with van der Waals surface area (Å²) in [6, 6.07) is 17.5. The van der Waals surface area contributed by atoms with Gasteiger partial charge in [0.1, 0.15) is 11.8 Å². The number of ether oxygens (including phenoxy) is 1. The lowest BCUT2D eigenvalue weighted by Crippen LogP contribution is -2.26. The van der Waals surface area contributed by atoms with Crippen LogP contribution < -0.4 is 5.32 Å². The number of nitrogens with one attached hydrogen (secondary N) is 1. The van der Waals surface area contributed by atoms with Crippen LogP contribution >= 0.6 is 11.6 Å². The Hall–Kier alpha value is -3.64. The maximum absolute atomic E-state index is 12.2. The van der Waals surface area contributed by atoms with Crippen LogP contribution in [0.5, 0.6) is 0 Å². The third kappa shape index (κ3) is 4.44. The fraction of sp³-hybridized carbons (Fsp3) is 0.125. The zero-order valence-corrected chi connectivity index (χ0v) is 17.2. The molecule has 31 heavy (non-hydrogen) atoms. The lowest BCUT2D eigenvalue weighted by molar-refractivity contribution is 0.0696. The van der Waals surface area contributed by atoms with Crippen molar-refractivity contribution in [3.63, 3.8) is 0 Å². The van der Waals surface area contributed by atoms with Gasteiger partial charge in [0.2, 0.25) is 0 Å². The number of hydrogen-bond acceptors (Lipinski definition) is 4. The van der Waals surface area contributed by atoms with Gasteiger partial charge in [0.25, 0.3) is 0 Å². The Labute approximate surface area is 184 Å². The normalized spacial score (nSPS) is 12.4. The SMILES string of the molecule is O=C(NCC=Cc1cnc(Cl)cc1C(=O)O)OCC1c2ccccc2-c2ccccc21. The van der Waals surface area contributed by atoms with Crippen LogP contribution in [0.1, 0.15) is 33.0 Å². The average Bonchev–Trinajstić information content (AvgIpc) is 3.10. The molecule has 0 radical (unpaired) electrons. The lowest BCUT2D eigenvalue weighted by atomic mass is 9.98. The van der Waals surface area contributed by atoms with Crippen LogP contribution in [-0.4, -0.2) is 35.3 Å². The molecule has 0 unspecified atom stereocenters. The van der Waals surface area contributed by atoms with Crippen molar-refractivity contribution >= 4 is 29.7 Å². The summed E-state index contributed by atoms with van der Waals surface area (Å²) in [5, 5.41) is 12.0. The van der Waals surface area contributed by atoms with E-state index in [4.69, 9.17) is 16.3 Å². The van der Waals surface area contributed by atoms with E-state index in [2.05, 4.69) is 34.6 Å². The maximum atomic E-state index is 12.2. The van der Waals surface area contributed by atoms with Crippen LogP contribution in [0.25, 0.3) is 17.2 Å². The van der Waals surface area contributed by atoms with Gasteiger partial charge in [-0.15, -0.1) is 0 Å². The number of benzene rings is 2. The molecule has 2 aromatic carbocycles. The summed E-state index contributed by atoms with van der Waals surface area (Å²) in [4.78, 5) is 27.3. The molecule has 0 saturated carbocycles. The van der Waals surface area contributed by atoms with Gasteiger partial charge in [0.15, 0.2) is 0 Å². The summed E-state index contributed by atoms with van der Waals surface area (Å²) < 4.78 is 5.46. The highest BCUT2D eigenvalue weighted by Crippen LogP contribution is 2.44. The number of rotatable bonds is 6. The molecule has 0 fully saturated rings. The molecule has 4 rings (SSSR count). The van der Waals surface area contributed by atoms with Crippen molar-refractivity contribution in [2.45, 2.75) is 5.92 Å². The Morgan fingerprint density at radius 3 is 2.39 bits per heavy atom. The van der Waals surface area contributed by atoms with E-state index in [9.17, 15) is 14.7 Å². The molecule has 1 aliphatic carbocycles. The number of carboxylic acid groups (broad SMARTS) is 1. The van der Waals surface area contributed by atoms with Gasteiger partial charge in [-0.2, -0.15) is 0 Å². The molecule has 0 aliphatic heterocycles. The minimum absolute atomic E-state index is 0.00745. The third-order valence-corrected chi connectivity index (χ3v) is 5.34. The van der Waals surface area contributed by atoms with Crippen molar-refractivity contribution in [2.75, 3.05) is 13.2 Å². The Morgan fingerprint density at radius 1 is 1.10 bits per heavy atom. The highest BCUT2D eigenvalue weighted by Gasteiger charge is 2.28. The van der Waals surface area contributed by atoms with Gasteiger partial charge in [-0.3, -0.25) is 0 Å². The van der Waals surface area contributed by atoms with Crippen LogP contribution in [0.4, 0.5) is 4.79 Å². The van der Waals surface area contributed by atoms with Crippen molar-refractivity contribution in [3.05, 3.63) is 94.3 Å². The first kappa shape index (κ1) is 20.6. The zero-order chi connectivity index (χ0) is 21.8. The molecule has 0 bridgehead atoms. The van der Waals surface area contributed by atoms with Crippen molar-refractivity contribution in [3.8, 4) is 11.1 Å². The minimum Gasteiger partial charge on any atom is -0.478 e. The molecule has 1 amide bonds. The van der Waals surface area contributed by atoms with E-state index in [0.717, 1.165) is 11.1 Å². The number of halogens is 1. The van der Waals surface area contributed by atoms with Crippen LogP contribution in [0, 0.1) is 0 Å². The molecule has 156 valence electrons. The highest BCUT2D eigenvalue weighted by molar-refractivity contribution is 6.29. The maximum Gasteiger partial charge on any atom is 0.407 e. The van der Waals surface area contributed by atoms with Gasteiger partial charge < -0.3 is 15.2 Å². The first-order valence-corrected chi connectivity index (χ1v) is 10.1. The van der Waals surface area contributed by atoms with E-state index in [1.54, 1.807) is 12.2 Å². The molecule has 1 aliphatic rings. The standard InChI is InChI=1S/C24H19ClN2O4/c25-22-12-20(23(28)29)15(13-27-22)6-5-11-26-24(30)31-14-21-18-9-3-1-7-16(18)17-8-2-4-10-19(17)21/h1-10,12-13,21H,11,14H2,(H,26,30)(H,28,29). The highest BCUT2D eigenvalue weighted by atomic mass is 35.5. The molecule has 6 nitrogen and oxygen atoms in total. The first-order valence-electron chi connectivity index (χ1n) is 9.69. The Balaban J connectivity index is 1.35. The number of fused-ring (bicyclic) bond motifs is 3. The predicted octanol–water partition coefficient (Wildman–Crippen LogP) is 4.99. The number of amides is 1. The molecular formula is C24H19ClN2O4. The van der Waals surface area contributed by atoms with Crippen molar-refractivity contribution in [2.24, 2.45) is 0 Å². The Bertz CT molecular complexity index is 1130. The van der Waals surface area contributed by atoms with Crippen LogP contribution in [0.3, 0.4) is 0 Å². The van der Waals surface area contributed by atoms with E-state index in [1.165, 1.54) is 23.4 Å². The number of carbonyl (C=O) groups excluding carboxylic acids is 1. The third-order valence-electron chi connectivity index (χ3n) is 5.14. The molecule has 1 heterocycles. The topological polar surface area (TPSA) is 88.5 Å². The Morgan fingerprint density at radius 2 is 1.74 bits per heavy atom. The van der Waals surface area contributed by atoms with Crippen molar-refractivity contribution in [1.82, 2.24) is 10.3 Å². The van der Waals surface area contributed by atoms with Crippen LogP contribution in [0.15, 0.2) is 66.9 Å². The van der Waals surface area contributed by atoms with Gasteiger partial charge in [-0.05, 0) is 28.3 Å². The summed E-state index contributed by atoms with van der Waals surface area (Å²) in [6.07, 6.45) is 4.02. The molecular weight excluding hydrogens is 416 g/mol. The average molecular weight is 435 g/mol. The van der Waals surface area contributed by atoms with Gasteiger partial charge in [-0.25, -0.2) is 14.6 Å². The first-order chi connectivity index (χ1) is 15.0. The second-order valence-electron chi connectivity index (χ2n) is 7.01. The predicted molar refractivity (Wildman–Crippen MR) is 118 cm³/mol. The number of aromatic carboxylic acids is 1. The van der Waals surface area contributed by atoms with Crippen molar-refractivity contribution in [1.29, 1.82) is 0 Å². The Kier molecular flexibility index (Phi) is 6.00. The smallest absolute Gasteiger partial charge is 0.407 e. The number of carboxylic acids is 1. The fourth-order valence-electron chi connectivity index (χ4n) is 3.74. The molecule has 0 spiro atoms. The summed E-state index contributed by atoms with van der Waals surface area (Å²) in [6.45, 7) is 0.409. The molecule has 0 saturated heterocycles. The summed E-state index contributed by atoms with van der Waals surface area (Å²) in [5.41, 5.74) is 5.06. The van der Waals surface area contributed by atoms with Gasteiger partial charge in [-0.1, -0.05) is 72.3 Å². The molecule has 2 N–H and O–H groups in total. The van der Waals surface area contributed by atoms with Gasteiger partial charge in [0, 0.05) is 24.2 Å². The summed E-state index contributed by atoms with van der Waals surface area (Å²) in [7, 11) is 0. The molecule has 1 aromatic heterocycles. The van der Waals surface area contributed by atoms with E-state index >= 15 is 0 Å². The monoisotopic (exact) mass is 434 g/mol. The molecule has 0 atom stereocenters. The number of alkyl carbamates (subject to hydrolysis) is 1. The minimum atomic E-state index is -1.10. The van der Waals surface area contributed by atoms with Crippen LogP contribution in [0.2, 0.25) is 5.15 Å². The number of hydrogen-bond donors (Lipinski definition) is 2. The summed E-state index contributed by atoms with van der Waals surface area (Å²) >= 11 is 5.74.